The molecule has 1 amide bonds. The number of anilines is 2. The summed E-state index contributed by atoms with van der Waals surface area (Å²) in [5.41, 5.74) is 0.214. The maximum absolute atomic E-state index is 13.7. The highest BCUT2D eigenvalue weighted by atomic mass is 35.5. The Labute approximate surface area is 163 Å². The van der Waals surface area contributed by atoms with Crippen molar-refractivity contribution in [2.24, 2.45) is 0 Å². The van der Waals surface area contributed by atoms with Crippen molar-refractivity contribution in [1.82, 2.24) is 15.3 Å². The van der Waals surface area contributed by atoms with Gasteiger partial charge in [-0.3, -0.25) is 4.79 Å². The van der Waals surface area contributed by atoms with Crippen LogP contribution < -0.4 is 15.5 Å². The summed E-state index contributed by atoms with van der Waals surface area (Å²) in [6.07, 6.45) is 2.28. The molecule has 8 heteroatoms. The average Bonchev–Trinajstić information content (AvgIpc) is 3.16. The molecule has 2 N–H and O–H groups in total. The van der Waals surface area contributed by atoms with Crippen LogP contribution in [0.15, 0.2) is 24.3 Å². The van der Waals surface area contributed by atoms with Crippen molar-refractivity contribution < 1.29 is 9.18 Å². The molecule has 1 aromatic heterocycles. The third-order valence-corrected chi connectivity index (χ3v) is 4.76. The molecule has 2 aromatic rings. The molecule has 27 heavy (non-hydrogen) atoms. The summed E-state index contributed by atoms with van der Waals surface area (Å²) >= 11 is 5.95. The Morgan fingerprint density at radius 2 is 2.04 bits per heavy atom. The highest BCUT2D eigenvalue weighted by molar-refractivity contribution is 6.31. The quantitative estimate of drug-likeness (QED) is 0.710. The molecule has 0 atom stereocenters. The number of amides is 1. The van der Waals surface area contributed by atoms with Crippen LogP contribution in [0.5, 0.6) is 0 Å². The van der Waals surface area contributed by atoms with Gasteiger partial charge in [-0.15, -0.1) is 0 Å². The van der Waals surface area contributed by atoms with Gasteiger partial charge >= 0.3 is 0 Å². The van der Waals surface area contributed by atoms with Crippen LogP contribution in [-0.2, 0) is 11.2 Å². The SMILES string of the molecule is Cc1nc(NCCNC(=O)Cc2c(F)cccc2Cl)cc(N2CCCC2)n1. The van der Waals surface area contributed by atoms with Crippen molar-refractivity contribution in [3.63, 3.8) is 0 Å². The zero-order chi connectivity index (χ0) is 19.2. The molecule has 0 radical (unpaired) electrons. The molecular formula is C19H23ClFN5O. The minimum atomic E-state index is -0.471. The molecule has 0 saturated carbocycles. The van der Waals surface area contributed by atoms with E-state index in [1.165, 1.54) is 25.0 Å². The second-order valence-electron chi connectivity index (χ2n) is 6.51. The van der Waals surface area contributed by atoms with E-state index in [-0.39, 0.29) is 22.9 Å². The number of hydrogen-bond acceptors (Lipinski definition) is 5. The molecule has 1 saturated heterocycles. The van der Waals surface area contributed by atoms with E-state index in [2.05, 4.69) is 25.5 Å². The summed E-state index contributed by atoms with van der Waals surface area (Å²) in [6, 6.07) is 6.32. The largest absolute Gasteiger partial charge is 0.368 e. The Bertz CT molecular complexity index is 790. The number of aryl methyl sites for hydroxylation is 1. The Kier molecular flexibility index (Phi) is 6.45. The number of aromatic nitrogens is 2. The van der Waals surface area contributed by atoms with Crippen LogP contribution in [0, 0.1) is 12.7 Å². The molecule has 1 fully saturated rings. The van der Waals surface area contributed by atoms with E-state index in [1.807, 2.05) is 13.0 Å². The normalized spacial score (nSPS) is 13.7. The van der Waals surface area contributed by atoms with Crippen LogP contribution in [0.4, 0.5) is 16.0 Å². The van der Waals surface area contributed by atoms with Gasteiger partial charge in [0.05, 0.1) is 6.42 Å². The first-order valence-electron chi connectivity index (χ1n) is 9.07. The lowest BCUT2D eigenvalue weighted by molar-refractivity contribution is -0.120. The Morgan fingerprint density at radius 1 is 1.26 bits per heavy atom. The van der Waals surface area contributed by atoms with Gasteiger partial charge in [0.2, 0.25) is 5.91 Å². The lowest BCUT2D eigenvalue weighted by atomic mass is 10.1. The van der Waals surface area contributed by atoms with E-state index in [0.717, 1.165) is 24.7 Å². The second kappa shape index (κ2) is 8.99. The molecule has 0 bridgehead atoms. The van der Waals surface area contributed by atoms with Gasteiger partial charge < -0.3 is 15.5 Å². The van der Waals surface area contributed by atoms with E-state index in [9.17, 15) is 9.18 Å². The van der Waals surface area contributed by atoms with Crippen LogP contribution in [0.25, 0.3) is 0 Å². The fourth-order valence-corrected chi connectivity index (χ4v) is 3.30. The van der Waals surface area contributed by atoms with Crippen molar-refractivity contribution in [2.75, 3.05) is 36.4 Å². The Hall–Kier alpha value is -2.41. The van der Waals surface area contributed by atoms with E-state index < -0.39 is 5.82 Å². The highest BCUT2D eigenvalue weighted by Crippen LogP contribution is 2.21. The zero-order valence-corrected chi connectivity index (χ0v) is 16.0. The summed E-state index contributed by atoms with van der Waals surface area (Å²) in [6.45, 7) is 4.80. The summed E-state index contributed by atoms with van der Waals surface area (Å²) in [4.78, 5) is 23.1. The van der Waals surface area contributed by atoms with Gasteiger partial charge in [0.1, 0.15) is 23.3 Å². The number of nitrogens with zero attached hydrogens (tertiary/aromatic N) is 3. The molecule has 0 unspecified atom stereocenters. The predicted octanol–water partition coefficient (Wildman–Crippen LogP) is 2.95. The third kappa shape index (κ3) is 5.29. The van der Waals surface area contributed by atoms with Gasteiger partial charge in [-0.1, -0.05) is 17.7 Å². The van der Waals surface area contributed by atoms with Gasteiger partial charge in [-0.25, -0.2) is 14.4 Å². The molecule has 1 aliphatic rings. The van der Waals surface area contributed by atoms with Crippen LogP contribution in [0.2, 0.25) is 5.02 Å². The number of halogens is 2. The van der Waals surface area contributed by atoms with Crippen molar-refractivity contribution >= 4 is 29.1 Å². The molecule has 144 valence electrons. The van der Waals surface area contributed by atoms with Gasteiger partial charge in [-0.2, -0.15) is 0 Å². The van der Waals surface area contributed by atoms with E-state index in [1.54, 1.807) is 6.07 Å². The third-order valence-electron chi connectivity index (χ3n) is 4.41. The van der Waals surface area contributed by atoms with Gasteiger partial charge in [0.25, 0.3) is 0 Å². The van der Waals surface area contributed by atoms with Crippen molar-refractivity contribution in [2.45, 2.75) is 26.2 Å². The van der Waals surface area contributed by atoms with Crippen LogP contribution in [0.1, 0.15) is 24.2 Å². The summed E-state index contributed by atoms with van der Waals surface area (Å²) in [7, 11) is 0. The van der Waals surface area contributed by atoms with Gasteiger partial charge in [0.15, 0.2) is 0 Å². The summed E-state index contributed by atoms with van der Waals surface area (Å²) in [5, 5.41) is 6.22. The van der Waals surface area contributed by atoms with Crippen LogP contribution >= 0.6 is 11.6 Å². The lowest BCUT2D eigenvalue weighted by Crippen LogP contribution is -2.30. The second-order valence-corrected chi connectivity index (χ2v) is 6.91. The first kappa shape index (κ1) is 19.4. The molecule has 3 rings (SSSR count). The number of benzene rings is 1. The van der Waals surface area contributed by atoms with Crippen LogP contribution in [-0.4, -0.2) is 42.1 Å². The minimum Gasteiger partial charge on any atom is -0.368 e. The maximum Gasteiger partial charge on any atom is 0.224 e. The molecule has 6 nitrogen and oxygen atoms in total. The fourth-order valence-electron chi connectivity index (χ4n) is 3.07. The fraction of sp³-hybridized carbons (Fsp3) is 0.421. The Balaban J connectivity index is 1.48. The monoisotopic (exact) mass is 391 g/mol. The zero-order valence-electron chi connectivity index (χ0n) is 15.3. The average molecular weight is 392 g/mol. The molecule has 0 aliphatic carbocycles. The summed E-state index contributed by atoms with van der Waals surface area (Å²) in [5.74, 6) is 1.62. The first-order chi connectivity index (χ1) is 13.0. The number of carbonyl (C=O) groups excluding carboxylic acids is 1. The van der Waals surface area contributed by atoms with E-state index in [4.69, 9.17) is 11.6 Å². The number of hydrogen-bond donors (Lipinski definition) is 2. The Morgan fingerprint density at radius 3 is 2.78 bits per heavy atom. The van der Waals surface area contributed by atoms with Crippen molar-refractivity contribution in [3.05, 3.63) is 46.5 Å². The number of rotatable bonds is 7. The topological polar surface area (TPSA) is 70.2 Å². The smallest absolute Gasteiger partial charge is 0.224 e. The molecular weight excluding hydrogens is 369 g/mol. The molecule has 0 spiro atoms. The lowest BCUT2D eigenvalue weighted by Gasteiger charge is -2.17. The standard InChI is InChI=1S/C19H23ClFN5O/c1-13-24-17(12-18(25-13)26-9-2-3-10-26)22-7-8-23-19(27)11-14-15(20)5-4-6-16(14)21/h4-6,12H,2-3,7-11H2,1H3,(H,23,27)(H,22,24,25). The van der Waals surface area contributed by atoms with E-state index in [0.29, 0.717) is 18.9 Å². The number of nitrogens with one attached hydrogen (secondary N) is 2. The van der Waals surface area contributed by atoms with Crippen LogP contribution in [0.3, 0.4) is 0 Å². The predicted molar refractivity (Wildman–Crippen MR) is 105 cm³/mol. The van der Waals surface area contributed by atoms with Gasteiger partial charge in [0, 0.05) is 42.8 Å². The highest BCUT2D eigenvalue weighted by Gasteiger charge is 2.15. The van der Waals surface area contributed by atoms with Crippen molar-refractivity contribution in [1.29, 1.82) is 0 Å². The summed E-state index contributed by atoms with van der Waals surface area (Å²) < 4.78 is 13.7. The number of carbonyl (C=O) groups is 1. The molecule has 1 aliphatic heterocycles. The van der Waals surface area contributed by atoms with E-state index >= 15 is 0 Å². The maximum atomic E-state index is 13.7. The first-order valence-corrected chi connectivity index (χ1v) is 9.45. The minimum absolute atomic E-state index is 0.0861. The van der Waals surface area contributed by atoms with Crippen molar-refractivity contribution in [3.8, 4) is 0 Å². The molecule has 2 heterocycles. The van der Waals surface area contributed by atoms with Gasteiger partial charge in [-0.05, 0) is 31.9 Å². The molecule has 1 aromatic carbocycles.